The Morgan fingerprint density at radius 2 is 2.04 bits per heavy atom. The molecule has 1 N–H and O–H groups in total. The fourth-order valence-corrected chi connectivity index (χ4v) is 9.82. The fraction of sp³-hybridized carbons (Fsp3) is 0.436. The maximum Gasteiger partial charge on any atom is 0.226 e. The minimum atomic E-state index is -0.476. The van der Waals surface area contributed by atoms with E-state index in [0.717, 1.165) is 53.7 Å². The average molecular weight is 744 g/mol. The van der Waals surface area contributed by atoms with Crippen LogP contribution < -0.4 is 5.32 Å². The van der Waals surface area contributed by atoms with Crippen LogP contribution in [-0.4, -0.2) is 50.0 Å². The fourth-order valence-electron chi connectivity index (χ4n) is 8.75. The standard InChI is InChI=1S/C39H37Cl2FN6O2S/c1-19-18-51-46-30(19)17-50-24-13-31(47(16-24)39(49)21-8-9-21)32-14-26-20(2)45-36-27(38(26)48(32)37-23-12-29(37)44-15-23)11-22(5-4-10-43)33(35(36)42)25-6-3-7-28(40)34(25)41/h3,6-7,11,14,18,21,23-24,29,31,37,44H,4-5,8-9,12-13,15-17H2,1-2H3/t23-,24+,29-,31-,37+/m1/s1. The number of amides is 1. The first-order chi connectivity index (χ1) is 24.7. The van der Waals surface area contributed by atoms with Crippen molar-refractivity contribution in [1.82, 2.24) is 24.1 Å². The Balaban J connectivity index is 1.24. The molecule has 8 nitrogen and oxygen atoms in total. The zero-order valence-corrected chi connectivity index (χ0v) is 30.7. The minimum Gasteiger partial charge on any atom is -0.370 e. The minimum absolute atomic E-state index is 0.0594. The number of hydrogen-bond acceptors (Lipinski definition) is 7. The summed E-state index contributed by atoms with van der Waals surface area (Å²) < 4.78 is 30.6. The Labute approximate surface area is 309 Å². The third kappa shape index (κ3) is 5.47. The summed E-state index contributed by atoms with van der Waals surface area (Å²) in [5.74, 6) is 0.198. The van der Waals surface area contributed by atoms with Gasteiger partial charge in [-0.05, 0) is 86.3 Å². The van der Waals surface area contributed by atoms with Crippen LogP contribution in [0.5, 0.6) is 0 Å². The lowest BCUT2D eigenvalue weighted by atomic mass is 9.79. The molecule has 6 heterocycles. The summed E-state index contributed by atoms with van der Waals surface area (Å²) >= 11 is 14.5. The van der Waals surface area contributed by atoms with Crippen LogP contribution in [0.15, 0.2) is 35.7 Å². The van der Waals surface area contributed by atoms with Gasteiger partial charge in [-0.25, -0.2) is 9.37 Å². The number of carbonyl (C=O) groups is 1. The molecule has 5 aliphatic rings. The van der Waals surface area contributed by atoms with Crippen LogP contribution in [-0.2, 0) is 22.6 Å². The first-order valence-corrected chi connectivity index (χ1v) is 19.4. The summed E-state index contributed by atoms with van der Waals surface area (Å²) in [4.78, 5) is 20.9. The maximum atomic E-state index is 17.2. The molecule has 12 heteroatoms. The van der Waals surface area contributed by atoms with Gasteiger partial charge >= 0.3 is 0 Å². The molecule has 5 aromatic rings. The first-order valence-electron chi connectivity index (χ1n) is 17.8. The highest BCUT2D eigenvalue weighted by molar-refractivity contribution is 7.03. The van der Waals surface area contributed by atoms with E-state index in [1.165, 1.54) is 11.5 Å². The van der Waals surface area contributed by atoms with E-state index in [1.807, 2.05) is 25.3 Å². The Bertz CT molecular complexity index is 2260. The van der Waals surface area contributed by atoms with Crippen molar-refractivity contribution in [2.75, 3.05) is 13.1 Å². The lowest BCUT2D eigenvalue weighted by Gasteiger charge is -2.39. The number of benzene rings is 2. The molecule has 0 radical (unpaired) electrons. The highest BCUT2D eigenvalue weighted by atomic mass is 35.5. The number of fused-ring (bicyclic) bond motifs is 4. The molecule has 2 aromatic carbocycles. The van der Waals surface area contributed by atoms with Gasteiger partial charge in [-0.1, -0.05) is 35.3 Å². The van der Waals surface area contributed by atoms with E-state index in [2.05, 4.69) is 31.3 Å². The third-order valence-electron chi connectivity index (χ3n) is 11.5. The number of aromatic nitrogens is 3. The quantitative estimate of drug-likeness (QED) is 0.163. The van der Waals surface area contributed by atoms with Crippen LogP contribution in [0.3, 0.4) is 0 Å². The second kappa shape index (κ2) is 12.8. The van der Waals surface area contributed by atoms with Crippen LogP contribution in [0.4, 0.5) is 4.39 Å². The van der Waals surface area contributed by atoms with Crippen molar-refractivity contribution in [1.29, 1.82) is 5.26 Å². The van der Waals surface area contributed by atoms with E-state index in [0.29, 0.717) is 64.7 Å². The Hall–Kier alpha value is -3.59. The Morgan fingerprint density at radius 1 is 1.20 bits per heavy atom. The van der Waals surface area contributed by atoms with E-state index >= 15 is 4.39 Å². The highest BCUT2D eigenvalue weighted by Crippen LogP contribution is 2.51. The largest absolute Gasteiger partial charge is 0.370 e. The van der Waals surface area contributed by atoms with Crippen molar-refractivity contribution in [3.63, 3.8) is 0 Å². The van der Waals surface area contributed by atoms with Crippen LogP contribution in [0.2, 0.25) is 10.0 Å². The third-order valence-corrected chi connectivity index (χ3v) is 13.2. The predicted molar refractivity (Wildman–Crippen MR) is 197 cm³/mol. The molecule has 3 aromatic heterocycles. The van der Waals surface area contributed by atoms with Gasteiger partial charge in [0.25, 0.3) is 0 Å². The number of rotatable bonds is 9. The zero-order valence-electron chi connectivity index (χ0n) is 28.4. The Morgan fingerprint density at radius 3 is 2.75 bits per heavy atom. The smallest absolute Gasteiger partial charge is 0.226 e. The molecule has 5 atom stereocenters. The average Bonchev–Trinajstić information content (AvgIpc) is 3.55. The van der Waals surface area contributed by atoms with Gasteiger partial charge in [0.05, 0.1) is 52.1 Å². The van der Waals surface area contributed by atoms with Crippen LogP contribution in [0, 0.1) is 42.8 Å². The van der Waals surface area contributed by atoms with Crippen molar-refractivity contribution >= 4 is 62.4 Å². The summed E-state index contributed by atoms with van der Waals surface area (Å²) in [5.41, 5.74) is 6.50. The van der Waals surface area contributed by atoms with Crippen molar-refractivity contribution in [3.8, 4) is 17.2 Å². The molecule has 3 aliphatic heterocycles. The molecule has 1 amide bonds. The molecule has 51 heavy (non-hydrogen) atoms. The number of hydrogen-bond donors (Lipinski definition) is 1. The molecule has 0 unspecified atom stereocenters. The number of halogens is 3. The molecule has 3 saturated heterocycles. The number of pyridine rings is 1. The van der Waals surface area contributed by atoms with Gasteiger partial charge in [-0.15, -0.1) is 0 Å². The topological polar surface area (TPSA) is 96.1 Å². The number of ether oxygens (including phenoxy) is 1. The number of nitrogens with zero attached hydrogens (tertiary/aromatic N) is 5. The second-order valence-electron chi connectivity index (χ2n) is 14.7. The number of nitrogens with one attached hydrogen (secondary N) is 1. The van der Waals surface area contributed by atoms with Crippen LogP contribution >= 0.6 is 34.7 Å². The molecule has 10 rings (SSSR count). The van der Waals surface area contributed by atoms with Gasteiger partial charge < -0.3 is 19.5 Å². The molecule has 5 fully saturated rings. The van der Waals surface area contributed by atoms with Gasteiger partial charge in [0.15, 0.2) is 5.82 Å². The summed E-state index contributed by atoms with van der Waals surface area (Å²) in [6.07, 6.45) is 3.99. The predicted octanol–water partition coefficient (Wildman–Crippen LogP) is 8.63. The van der Waals surface area contributed by atoms with E-state index in [1.54, 1.807) is 18.2 Å². The number of carbonyl (C=O) groups excluding carboxylic acids is 1. The van der Waals surface area contributed by atoms with Crippen molar-refractivity contribution in [2.24, 2.45) is 11.8 Å². The van der Waals surface area contributed by atoms with Gasteiger partial charge in [0.1, 0.15) is 5.52 Å². The molecule has 262 valence electrons. The normalized spacial score (nSPS) is 24.1. The van der Waals surface area contributed by atoms with E-state index < -0.39 is 5.82 Å². The van der Waals surface area contributed by atoms with Crippen molar-refractivity contribution in [3.05, 3.63) is 79.8 Å². The number of aryl methyl sites for hydroxylation is 3. The second-order valence-corrected chi connectivity index (χ2v) is 16.1. The lowest BCUT2D eigenvalue weighted by molar-refractivity contribution is -0.134. The maximum absolute atomic E-state index is 17.2. The van der Waals surface area contributed by atoms with Gasteiger partial charge in [-0.2, -0.15) is 9.64 Å². The molecule has 2 saturated carbocycles. The van der Waals surface area contributed by atoms with Crippen LogP contribution in [0.1, 0.15) is 72.4 Å². The van der Waals surface area contributed by atoms with Crippen LogP contribution in [0.25, 0.3) is 32.9 Å². The highest BCUT2D eigenvalue weighted by Gasteiger charge is 2.51. The van der Waals surface area contributed by atoms with E-state index in [4.69, 9.17) is 32.9 Å². The van der Waals surface area contributed by atoms with E-state index in [-0.39, 0.29) is 53.0 Å². The lowest BCUT2D eigenvalue weighted by Crippen LogP contribution is -2.41. The monoisotopic (exact) mass is 742 g/mol. The van der Waals surface area contributed by atoms with Crippen molar-refractivity contribution < 1.29 is 13.9 Å². The van der Waals surface area contributed by atoms with Crippen molar-refractivity contribution in [2.45, 2.75) is 83.2 Å². The van der Waals surface area contributed by atoms with Gasteiger partial charge in [-0.3, -0.25) is 4.79 Å². The SMILES string of the molecule is Cc1csnc1CO[C@H]1C[C@H](c2cc3c(C)nc4c(F)c(-c5cccc(Cl)c5Cl)c(CCC#N)cc4c3n2[C@H]2[C@H]3CN[C@@H]2C3)N(C(=O)C2CC2)C1. The van der Waals surface area contributed by atoms with Gasteiger partial charge in [0.2, 0.25) is 5.91 Å². The molecule has 2 aliphatic carbocycles. The molecule has 2 bridgehead atoms. The number of nitriles is 1. The number of likely N-dealkylation sites (tertiary alicyclic amines) is 1. The molecular formula is C39H37Cl2FN6O2S. The summed E-state index contributed by atoms with van der Waals surface area (Å²) in [5, 5.41) is 17.6. The summed E-state index contributed by atoms with van der Waals surface area (Å²) in [7, 11) is 0. The zero-order chi connectivity index (χ0) is 35.1. The van der Waals surface area contributed by atoms with E-state index in [9.17, 15) is 10.1 Å². The Kier molecular flexibility index (Phi) is 8.36. The first kappa shape index (κ1) is 33.3. The molecular weight excluding hydrogens is 706 g/mol. The summed E-state index contributed by atoms with van der Waals surface area (Å²) in [6, 6.07) is 11.9. The summed E-state index contributed by atoms with van der Waals surface area (Å²) in [6.45, 7) is 5.83. The molecule has 0 spiro atoms. The van der Waals surface area contributed by atoms with Gasteiger partial charge in [0, 0.05) is 76.6 Å².